The van der Waals surface area contributed by atoms with Crippen LogP contribution in [0.3, 0.4) is 0 Å². The van der Waals surface area contributed by atoms with Crippen molar-refractivity contribution in [3.63, 3.8) is 0 Å². The number of benzene rings is 1. The second-order valence-electron chi connectivity index (χ2n) is 4.92. The van der Waals surface area contributed by atoms with Gasteiger partial charge in [0.15, 0.2) is 0 Å². The van der Waals surface area contributed by atoms with Gasteiger partial charge in [-0.25, -0.2) is 13.6 Å². The fraction of sp³-hybridized carbons (Fsp3) is 0.538. The van der Waals surface area contributed by atoms with Crippen molar-refractivity contribution >= 4 is 10.0 Å². The molecule has 0 amide bonds. The summed E-state index contributed by atoms with van der Waals surface area (Å²) >= 11 is 0. The van der Waals surface area contributed by atoms with Gasteiger partial charge in [0.2, 0.25) is 10.0 Å². The summed E-state index contributed by atoms with van der Waals surface area (Å²) in [5, 5.41) is 8.58. The van der Waals surface area contributed by atoms with Crippen LogP contribution in [0.1, 0.15) is 31.7 Å². The molecular weight excluding hydrogens is 248 g/mol. The first-order valence-electron chi connectivity index (χ1n) is 6.36. The summed E-state index contributed by atoms with van der Waals surface area (Å²) in [6.45, 7) is 2.97. The fourth-order valence-corrected chi connectivity index (χ4v) is 2.70. The number of primary sulfonamides is 1. The van der Waals surface area contributed by atoms with E-state index in [0.29, 0.717) is 6.04 Å². The van der Waals surface area contributed by atoms with Crippen molar-refractivity contribution in [3.8, 4) is 0 Å². The van der Waals surface area contributed by atoms with E-state index in [1.165, 1.54) is 12.8 Å². The smallest absolute Gasteiger partial charge is 0.238 e. The van der Waals surface area contributed by atoms with Crippen LogP contribution in [0.5, 0.6) is 0 Å². The van der Waals surface area contributed by atoms with Gasteiger partial charge in [-0.05, 0) is 42.9 Å². The summed E-state index contributed by atoms with van der Waals surface area (Å²) in [6, 6.07) is 7.33. The van der Waals surface area contributed by atoms with Crippen molar-refractivity contribution in [3.05, 3.63) is 29.8 Å². The third kappa shape index (κ3) is 3.54. The van der Waals surface area contributed by atoms with E-state index in [0.717, 1.165) is 24.4 Å². The third-order valence-corrected chi connectivity index (χ3v) is 4.38. The van der Waals surface area contributed by atoms with Gasteiger partial charge in [0.1, 0.15) is 0 Å². The molecule has 0 saturated heterocycles. The van der Waals surface area contributed by atoms with Crippen LogP contribution < -0.4 is 10.5 Å². The standard InChI is InChI=1S/C13H20N2O2S/c1-2-13(11-5-6-11)15-9-10-3-7-12(8-4-10)18(14,16)17/h3-4,7-8,11,13,15H,2,5-6,9H2,1H3,(H2,14,16,17). The fourth-order valence-electron chi connectivity index (χ4n) is 2.19. The van der Waals surface area contributed by atoms with Crippen molar-refractivity contribution in [2.45, 2.75) is 43.7 Å². The average Bonchev–Trinajstić information content (AvgIpc) is 3.14. The van der Waals surface area contributed by atoms with Gasteiger partial charge in [-0.3, -0.25) is 0 Å². The molecule has 0 aliphatic heterocycles. The maximum absolute atomic E-state index is 11.1. The molecule has 0 heterocycles. The van der Waals surface area contributed by atoms with Gasteiger partial charge >= 0.3 is 0 Å². The molecule has 1 aromatic rings. The van der Waals surface area contributed by atoms with Gasteiger partial charge < -0.3 is 5.32 Å². The average molecular weight is 268 g/mol. The zero-order valence-corrected chi connectivity index (χ0v) is 11.4. The number of sulfonamides is 1. The molecule has 2 rings (SSSR count). The molecule has 1 aromatic carbocycles. The highest BCUT2D eigenvalue weighted by atomic mass is 32.2. The predicted molar refractivity (Wildman–Crippen MR) is 71.5 cm³/mol. The summed E-state index contributed by atoms with van der Waals surface area (Å²) < 4.78 is 22.2. The van der Waals surface area contributed by atoms with Crippen LogP contribution >= 0.6 is 0 Å². The summed E-state index contributed by atoms with van der Waals surface area (Å²) in [4.78, 5) is 0.167. The van der Waals surface area contributed by atoms with Crippen LogP contribution in [-0.2, 0) is 16.6 Å². The van der Waals surface area contributed by atoms with Crippen molar-refractivity contribution in [2.75, 3.05) is 0 Å². The molecule has 0 spiro atoms. The molecule has 1 unspecified atom stereocenters. The highest BCUT2D eigenvalue weighted by Gasteiger charge is 2.29. The van der Waals surface area contributed by atoms with E-state index in [-0.39, 0.29) is 4.90 Å². The van der Waals surface area contributed by atoms with Crippen molar-refractivity contribution in [2.24, 2.45) is 11.1 Å². The lowest BCUT2D eigenvalue weighted by Gasteiger charge is -2.16. The lowest BCUT2D eigenvalue weighted by Crippen LogP contribution is -2.29. The first kappa shape index (κ1) is 13.5. The van der Waals surface area contributed by atoms with E-state index in [2.05, 4.69) is 12.2 Å². The highest BCUT2D eigenvalue weighted by Crippen LogP contribution is 2.33. The Bertz CT molecular complexity index is 492. The zero-order valence-electron chi connectivity index (χ0n) is 10.6. The topological polar surface area (TPSA) is 72.2 Å². The second-order valence-corrected chi connectivity index (χ2v) is 6.48. The molecule has 18 heavy (non-hydrogen) atoms. The minimum Gasteiger partial charge on any atom is -0.310 e. The van der Waals surface area contributed by atoms with Crippen LogP contribution in [0.2, 0.25) is 0 Å². The first-order valence-corrected chi connectivity index (χ1v) is 7.90. The zero-order chi connectivity index (χ0) is 13.2. The Morgan fingerprint density at radius 3 is 2.39 bits per heavy atom. The van der Waals surface area contributed by atoms with Crippen LogP contribution in [0.25, 0.3) is 0 Å². The first-order chi connectivity index (χ1) is 8.50. The third-order valence-electron chi connectivity index (χ3n) is 3.45. The molecule has 100 valence electrons. The van der Waals surface area contributed by atoms with Crippen LogP contribution in [0.15, 0.2) is 29.2 Å². The number of nitrogens with two attached hydrogens (primary N) is 1. The Kier molecular flexibility index (Phi) is 4.04. The summed E-state index contributed by atoms with van der Waals surface area (Å²) in [5.74, 6) is 0.832. The molecule has 0 radical (unpaired) electrons. The quantitative estimate of drug-likeness (QED) is 0.823. The molecule has 1 saturated carbocycles. The van der Waals surface area contributed by atoms with E-state index in [9.17, 15) is 8.42 Å². The number of hydrogen-bond acceptors (Lipinski definition) is 3. The van der Waals surface area contributed by atoms with Gasteiger partial charge in [-0.15, -0.1) is 0 Å². The lowest BCUT2D eigenvalue weighted by molar-refractivity contribution is 0.449. The minimum absolute atomic E-state index is 0.167. The lowest BCUT2D eigenvalue weighted by atomic mass is 10.1. The van der Waals surface area contributed by atoms with E-state index in [4.69, 9.17) is 5.14 Å². The summed E-state index contributed by atoms with van der Waals surface area (Å²) in [6.07, 6.45) is 3.80. The Balaban J connectivity index is 1.94. The highest BCUT2D eigenvalue weighted by molar-refractivity contribution is 7.89. The molecule has 1 aliphatic rings. The Labute approximate surface area is 109 Å². The molecule has 4 nitrogen and oxygen atoms in total. The van der Waals surface area contributed by atoms with Crippen molar-refractivity contribution < 1.29 is 8.42 Å². The summed E-state index contributed by atoms with van der Waals surface area (Å²) in [7, 11) is -3.58. The van der Waals surface area contributed by atoms with Gasteiger partial charge in [0, 0.05) is 12.6 Å². The molecule has 5 heteroatoms. The molecule has 1 fully saturated rings. The van der Waals surface area contributed by atoms with E-state index in [1.807, 2.05) is 12.1 Å². The van der Waals surface area contributed by atoms with E-state index < -0.39 is 10.0 Å². The molecule has 1 atom stereocenters. The van der Waals surface area contributed by atoms with Gasteiger partial charge in [0.25, 0.3) is 0 Å². The normalized spacial score (nSPS) is 17.7. The Morgan fingerprint density at radius 1 is 1.33 bits per heavy atom. The molecule has 0 bridgehead atoms. The largest absolute Gasteiger partial charge is 0.310 e. The monoisotopic (exact) mass is 268 g/mol. The minimum atomic E-state index is -3.58. The van der Waals surface area contributed by atoms with Gasteiger partial charge in [-0.1, -0.05) is 19.1 Å². The van der Waals surface area contributed by atoms with Crippen LogP contribution in [0.4, 0.5) is 0 Å². The van der Waals surface area contributed by atoms with Gasteiger partial charge in [-0.2, -0.15) is 0 Å². The van der Waals surface area contributed by atoms with E-state index >= 15 is 0 Å². The van der Waals surface area contributed by atoms with Crippen molar-refractivity contribution in [1.82, 2.24) is 5.32 Å². The molecule has 1 aliphatic carbocycles. The Morgan fingerprint density at radius 2 is 1.94 bits per heavy atom. The molecular formula is C13H20N2O2S. The number of rotatable bonds is 6. The Hall–Kier alpha value is -0.910. The van der Waals surface area contributed by atoms with Crippen molar-refractivity contribution in [1.29, 1.82) is 0 Å². The van der Waals surface area contributed by atoms with Crippen LogP contribution in [0, 0.1) is 5.92 Å². The van der Waals surface area contributed by atoms with E-state index in [1.54, 1.807) is 12.1 Å². The maximum Gasteiger partial charge on any atom is 0.238 e. The van der Waals surface area contributed by atoms with Crippen LogP contribution in [-0.4, -0.2) is 14.5 Å². The molecule has 3 N–H and O–H groups in total. The number of hydrogen-bond donors (Lipinski definition) is 2. The SMILES string of the molecule is CCC(NCc1ccc(S(N)(=O)=O)cc1)C1CC1. The predicted octanol–water partition coefficient (Wildman–Crippen LogP) is 1.61. The maximum atomic E-state index is 11.1. The molecule has 0 aromatic heterocycles. The number of nitrogens with one attached hydrogen (secondary N) is 1. The summed E-state index contributed by atoms with van der Waals surface area (Å²) in [5.41, 5.74) is 1.08. The van der Waals surface area contributed by atoms with Gasteiger partial charge in [0.05, 0.1) is 4.90 Å². The second kappa shape index (κ2) is 5.38.